The Morgan fingerprint density at radius 3 is 2.73 bits per heavy atom. The lowest BCUT2D eigenvalue weighted by atomic mass is 10.2. The van der Waals surface area contributed by atoms with Crippen LogP contribution in [-0.4, -0.2) is 31.2 Å². The number of rotatable bonds is 8. The second kappa shape index (κ2) is 9.36. The minimum atomic E-state index is -0.0902. The predicted octanol–water partition coefficient (Wildman–Crippen LogP) is 4.03. The number of amides is 1. The Balaban J connectivity index is 1.26. The SMILES string of the molecule is Cc1ccccc1NC(=O)CCc1nc(CSc2n[nH]c(-c3ccccc3)n2)no1. The molecule has 30 heavy (non-hydrogen) atoms. The Bertz CT molecular complexity index is 1130. The fraction of sp³-hybridized carbons (Fsp3) is 0.190. The van der Waals surface area contributed by atoms with Crippen LogP contribution in [0.4, 0.5) is 5.69 Å². The number of para-hydroxylation sites is 1. The van der Waals surface area contributed by atoms with Gasteiger partial charge in [-0.1, -0.05) is 65.4 Å². The summed E-state index contributed by atoms with van der Waals surface area (Å²) in [7, 11) is 0. The fourth-order valence-electron chi connectivity index (χ4n) is 2.76. The number of H-pyrrole nitrogens is 1. The van der Waals surface area contributed by atoms with Gasteiger partial charge in [0.2, 0.25) is 17.0 Å². The maximum absolute atomic E-state index is 12.1. The smallest absolute Gasteiger partial charge is 0.227 e. The molecule has 0 saturated heterocycles. The van der Waals surface area contributed by atoms with Crippen molar-refractivity contribution in [1.82, 2.24) is 25.3 Å². The molecule has 8 nitrogen and oxygen atoms in total. The van der Waals surface area contributed by atoms with E-state index in [0.717, 1.165) is 16.8 Å². The molecule has 0 unspecified atom stereocenters. The third-order valence-corrected chi connectivity index (χ3v) is 5.18. The minimum Gasteiger partial charge on any atom is -0.339 e. The molecule has 2 N–H and O–H groups in total. The first-order valence-electron chi connectivity index (χ1n) is 9.45. The van der Waals surface area contributed by atoms with Crippen molar-refractivity contribution in [3.63, 3.8) is 0 Å². The number of aromatic amines is 1. The van der Waals surface area contributed by atoms with Crippen LogP contribution >= 0.6 is 11.8 Å². The minimum absolute atomic E-state index is 0.0902. The summed E-state index contributed by atoms with van der Waals surface area (Å²) in [4.78, 5) is 21.0. The van der Waals surface area contributed by atoms with Crippen LogP contribution in [0.15, 0.2) is 64.3 Å². The summed E-state index contributed by atoms with van der Waals surface area (Å²) in [5.41, 5.74) is 2.81. The Hall–Kier alpha value is -3.46. The third kappa shape index (κ3) is 5.12. The monoisotopic (exact) mass is 420 g/mol. The molecule has 2 heterocycles. The van der Waals surface area contributed by atoms with Gasteiger partial charge >= 0.3 is 0 Å². The molecule has 0 saturated carbocycles. The van der Waals surface area contributed by atoms with Crippen molar-refractivity contribution >= 4 is 23.4 Å². The van der Waals surface area contributed by atoms with Gasteiger partial charge < -0.3 is 9.84 Å². The number of aromatic nitrogens is 5. The lowest BCUT2D eigenvalue weighted by molar-refractivity contribution is -0.116. The van der Waals surface area contributed by atoms with E-state index in [2.05, 4.69) is 30.6 Å². The van der Waals surface area contributed by atoms with Crippen molar-refractivity contribution in [3.05, 3.63) is 71.9 Å². The van der Waals surface area contributed by atoms with Gasteiger partial charge in [-0.2, -0.15) is 4.98 Å². The summed E-state index contributed by atoms with van der Waals surface area (Å²) >= 11 is 1.41. The fourth-order valence-corrected chi connectivity index (χ4v) is 3.40. The zero-order valence-corrected chi connectivity index (χ0v) is 17.1. The van der Waals surface area contributed by atoms with Crippen molar-refractivity contribution in [3.8, 4) is 11.4 Å². The van der Waals surface area contributed by atoms with Gasteiger partial charge in [-0.05, 0) is 18.6 Å². The first-order valence-corrected chi connectivity index (χ1v) is 10.4. The molecule has 0 radical (unpaired) electrons. The van der Waals surface area contributed by atoms with Gasteiger partial charge in [0.05, 0.1) is 5.75 Å². The zero-order chi connectivity index (χ0) is 20.8. The maximum atomic E-state index is 12.1. The van der Waals surface area contributed by atoms with Crippen molar-refractivity contribution < 1.29 is 9.32 Å². The molecule has 0 aliphatic rings. The number of thioether (sulfide) groups is 1. The molecule has 0 aliphatic carbocycles. The summed E-state index contributed by atoms with van der Waals surface area (Å²) in [6, 6.07) is 17.4. The first-order chi connectivity index (χ1) is 14.7. The molecule has 9 heteroatoms. The van der Waals surface area contributed by atoms with E-state index < -0.39 is 0 Å². The van der Waals surface area contributed by atoms with E-state index in [1.807, 2.05) is 61.5 Å². The number of anilines is 1. The van der Waals surface area contributed by atoms with Gasteiger partial charge in [0.15, 0.2) is 11.6 Å². The van der Waals surface area contributed by atoms with Crippen LogP contribution in [-0.2, 0) is 17.0 Å². The molecule has 4 rings (SSSR count). The molecule has 152 valence electrons. The highest BCUT2D eigenvalue weighted by atomic mass is 32.2. The summed E-state index contributed by atoms with van der Waals surface area (Å²) in [5, 5.41) is 14.6. The van der Waals surface area contributed by atoms with Crippen LogP contribution in [0.1, 0.15) is 23.7 Å². The van der Waals surface area contributed by atoms with Crippen molar-refractivity contribution in [1.29, 1.82) is 0 Å². The highest BCUT2D eigenvalue weighted by Gasteiger charge is 2.12. The topological polar surface area (TPSA) is 110 Å². The van der Waals surface area contributed by atoms with Crippen LogP contribution in [0.25, 0.3) is 11.4 Å². The normalized spacial score (nSPS) is 10.8. The van der Waals surface area contributed by atoms with Crippen molar-refractivity contribution in [2.45, 2.75) is 30.7 Å². The number of benzene rings is 2. The molecule has 0 aliphatic heterocycles. The van der Waals surface area contributed by atoms with Gasteiger partial charge in [-0.3, -0.25) is 9.89 Å². The quantitative estimate of drug-likeness (QED) is 0.414. The van der Waals surface area contributed by atoms with E-state index >= 15 is 0 Å². The van der Waals surface area contributed by atoms with E-state index in [-0.39, 0.29) is 12.3 Å². The standard InChI is InChI=1S/C21H20N6O2S/c1-14-7-5-6-10-16(14)22-18(28)11-12-19-23-17(27-29-19)13-30-21-24-20(25-26-21)15-8-3-2-4-9-15/h2-10H,11-13H2,1H3,(H,22,28)(H,24,25,26). The molecule has 2 aromatic carbocycles. The molecular formula is C21H20N6O2S. The Kier molecular flexibility index (Phi) is 6.19. The highest BCUT2D eigenvalue weighted by Crippen LogP contribution is 2.21. The lowest BCUT2D eigenvalue weighted by Crippen LogP contribution is -2.13. The number of carbonyl (C=O) groups excluding carboxylic acids is 1. The van der Waals surface area contributed by atoms with Gasteiger partial charge in [-0.15, -0.1) is 5.10 Å². The Morgan fingerprint density at radius 2 is 1.90 bits per heavy atom. The largest absolute Gasteiger partial charge is 0.339 e. The van der Waals surface area contributed by atoms with Crippen LogP contribution in [0.3, 0.4) is 0 Å². The zero-order valence-electron chi connectivity index (χ0n) is 16.3. The molecule has 4 aromatic rings. The summed E-state index contributed by atoms with van der Waals surface area (Å²) < 4.78 is 5.25. The predicted molar refractivity (Wildman–Crippen MR) is 114 cm³/mol. The second-order valence-electron chi connectivity index (χ2n) is 6.59. The van der Waals surface area contributed by atoms with E-state index in [0.29, 0.717) is 34.9 Å². The van der Waals surface area contributed by atoms with Crippen molar-refractivity contribution in [2.24, 2.45) is 0 Å². The van der Waals surface area contributed by atoms with Gasteiger partial charge in [0.1, 0.15) is 0 Å². The number of nitrogens with one attached hydrogen (secondary N) is 2. The lowest BCUT2D eigenvalue weighted by Gasteiger charge is -2.06. The summed E-state index contributed by atoms with van der Waals surface area (Å²) in [6.07, 6.45) is 0.651. The first kappa shape index (κ1) is 19.8. The molecule has 0 spiro atoms. The summed E-state index contributed by atoms with van der Waals surface area (Å²) in [6.45, 7) is 1.95. The molecule has 0 fully saturated rings. The third-order valence-electron chi connectivity index (χ3n) is 4.34. The van der Waals surface area contributed by atoms with Crippen LogP contribution in [0.5, 0.6) is 0 Å². The maximum Gasteiger partial charge on any atom is 0.227 e. The van der Waals surface area contributed by atoms with Gasteiger partial charge in [-0.25, -0.2) is 4.98 Å². The molecule has 1 amide bonds. The van der Waals surface area contributed by atoms with Crippen LogP contribution < -0.4 is 5.32 Å². The van der Waals surface area contributed by atoms with E-state index in [4.69, 9.17) is 4.52 Å². The number of nitrogens with zero attached hydrogens (tertiary/aromatic N) is 4. The summed E-state index contributed by atoms with van der Waals surface area (Å²) in [5.74, 6) is 2.08. The average molecular weight is 420 g/mol. The average Bonchev–Trinajstić information content (AvgIpc) is 3.43. The molecular weight excluding hydrogens is 400 g/mol. The van der Waals surface area contributed by atoms with Crippen molar-refractivity contribution in [2.75, 3.05) is 5.32 Å². The van der Waals surface area contributed by atoms with E-state index in [1.165, 1.54) is 11.8 Å². The highest BCUT2D eigenvalue weighted by molar-refractivity contribution is 7.98. The van der Waals surface area contributed by atoms with Gasteiger partial charge in [0, 0.05) is 24.1 Å². The Labute approximate surface area is 177 Å². The van der Waals surface area contributed by atoms with Crippen LogP contribution in [0, 0.1) is 6.92 Å². The van der Waals surface area contributed by atoms with Gasteiger partial charge in [0.25, 0.3) is 0 Å². The second-order valence-corrected chi connectivity index (χ2v) is 7.53. The molecule has 2 aromatic heterocycles. The van der Waals surface area contributed by atoms with E-state index in [1.54, 1.807) is 0 Å². The molecule has 0 atom stereocenters. The number of hydrogen-bond donors (Lipinski definition) is 2. The number of hydrogen-bond acceptors (Lipinski definition) is 7. The Morgan fingerprint density at radius 1 is 1.10 bits per heavy atom. The van der Waals surface area contributed by atoms with E-state index in [9.17, 15) is 4.79 Å². The number of carbonyl (C=O) groups is 1. The number of aryl methyl sites for hydroxylation is 2. The molecule has 0 bridgehead atoms. The van der Waals surface area contributed by atoms with Crippen LogP contribution in [0.2, 0.25) is 0 Å².